The highest BCUT2D eigenvalue weighted by Crippen LogP contribution is 2.46. The Morgan fingerprint density at radius 2 is 0.383 bits per heavy atom. The zero-order valence-electron chi connectivity index (χ0n) is 64.9. The Morgan fingerprint density at radius 3 is 0.708 bits per heavy atom. The highest BCUT2D eigenvalue weighted by molar-refractivity contribution is 6.01. The summed E-state index contributed by atoms with van der Waals surface area (Å²) in [4.78, 5) is 0. The SMILES string of the molecule is Oc1ccc(Cc2cc(Cc3ccc(O)cc3)c3c(O)c(Cc4ccc(O)cc4)cc(Cc4ccc(O)cc4)c3c2O)cc1.Oc1ccc(Cc2cc(Cc3ccc(O)cc3)c3c(O)ccc(Cc4ccc(O)cc4)c3c2O)cc1.Oc1ccc(Cc2ccc3c(O)cccc3c2O)cc1.Oc1ccc(Cc2ccc3cc(O)ccc3c2O)cc1. The molecule has 17 rings (SSSR count). The highest BCUT2D eigenvalue weighted by atomic mass is 16.3. The number of rotatable bonds is 18. The van der Waals surface area contributed by atoms with Crippen LogP contribution in [0.25, 0.3) is 43.1 Å². The van der Waals surface area contributed by atoms with E-state index in [4.69, 9.17) is 0 Å². The molecule has 600 valence electrons. The molecular weight excluding hydrogens is 1510 g/mol. The van der Waals surface area contributed by atoms with Gasteiger partial charge in [-0.1, -0.05) is 170 Å². The fourth-order valence-electron chi connectivity index (χ4n) is 15.1. The first-order valence-corrected chi connectivity index (χ1v) is 38.8. The van der Waals surface area contributed by atoms with Gasteiger partial charge >= 0.3 is 0 Å². The molecule has 0 fully saturated rings. The molecule has 0 saturated heterocycles. The summed E-state index contributed by atoms with van der Waals surface area (Å²) in [5.74, 6) is 2.73. The maximum absolute atomic E-state index is 11.9. The van der Waals surface area contributed by atoms with Gasteiger partial charge in [-0.2, -0.15) is 0 Å². The van der Waals surface area contributed by atoms with Crippen LogP contribution in [0.4, 0.5) is 0 Å². The van der Waals surface area contributed by atoms with Gasteiger partial charge in [0.15, 0.2) is 0 Å². The Labute approximate surface area is 691 Å². The normalized spacial score (nSPS) is 11.0. The summed E-state index contributed by atoms with van der Waals surface area (Å²) in [5.41, 5.74) is 15.5. The molecule has 0 radical (unpaired) electrons. The minimum absolute atomic E-state index is 0.0720. The van der Waals surface area contributed by atoms with Crippen molar-refractivity contribution in [2.24, 2.45) is 0 Å². The van der Waals surface area contributed by atoms with Gasteiger partial charge in [0.2, 0.25) is 0 Å². The molecule has 0 amide bonds. The average molecular weight is 1600 g/mol. The molecule has 0 bridgehead atoms. The number of aromatic hydroxyl groups is 17. The van der Waals surface area contributed by atoms with E-state index in [-0.39, 0.29) is 97.7 Å². The molecule has 0 aromatic heterocycles. The van der Waals surface area contributed by atoms with Crippen molar-refractivity contribution in [3.63, 3.8) is 0 Å². The Balaban J connectivity index is 0.000000138. The second-order valence-electron chi connectivity index (χ2n) is 29.9. The lowest BCUT2D eigenvalue weighted by molar-refractivity contribution is 0.468. The molecule has 0 aliphatic rings. The van der Waals surface area contributed by atoms with Crippen molar-refractivity contribution >= 4 is 43.1 Å². The van der Waals surface area contributed by atoms with E-state index in [0.29, 0.717) is 107 Å². The Morgan fingerprint density at radius 1 is 0.142 bits per heavy atom. The lowest BCUT2D eigenvalue weighted by Crippen LogP contribution is -2.02. The van der Waals surface area contributed by atoms with E-state index in [1.165, 1.54) is 0 Å². The summed E-state index contributed by atoms with van der Waals surface area (Å²) in [6, 6.07) is 88.7. The fourth-order valence-corrected chi connectivity index (χ4v) is 15.1. The lowest BCUT2D eigenvalue weighted by Gasteiger charge is -2.20. The Kier molecular flexibility index (Phi) is 24.3. The van der Waals surface area contributed by atoms with Crippen LogP contribution in [0.1, 0.15) is 100 Å². The molecule has 0 heterocycles. The van der Waals surface area contributed by atoms with Gasteiger partial charge in [-0.15, -0.1) is 0 Å². The van der Waals surface area contributed by atoms with Gasteiger partial charge in [0.25, 0.3) is 0 Å². The highest BCUT2D eigenvalue weighted by Gasteiger charge is 2.24. The lowest BCUT2D eigenvalue weighted by atomic mass is 9.86. The van der Waals surface area contributed by atoms with Gasteiger partial charge < -0.3 is 86.8 Å². The molecule has 17 aromatic rings. The molecule has 0 aliphatic heterocycles. The fraction of sp³-hybridized carbons (Fsp3) is 0.0874. The van der Waals surface area contributed by atoms with Gasteiger partial charge in [-0.25, -0.2) is 0 Å². The first-order valence-electron chi connectivity index (χ1n) is 38.8. The molecular formula is C103H86O17. The van der Waals surface area contributed by atoms with Crippen molar-refractivity contribution in [2.45, 2.75) is 57.8 Å². The van der Waals surface area contributed by atoms with E-state index in [9.17, 15) is 86.8 Å². The van der Waals surface area contributed by atoms with E-state index in [2.05, 4.69) is 0 Å². The Hall–Kier alpha value is -15.6. The maximum atomic E-state index is 11.9. The summed E-state index contributed by atoms with van der Waals surface area (Å²) >= 11 is 0. The minimum atomic E-state index is 0.0720. The van der Waals surface area contributed by atoms with Gasteiger partial charge in [-0.3, -0.25) is 0 Å². The van der Waals surface area contributed by atoms with Crippen LogP contribution in [-0.2, 0) is 57.8 Å². The predicted octanol–water partition coefficient (Wildman–Crippen LogP) is 20.7. The molecule has 0 unspecified atom stereocenters. The van der Waals surface area contributed by atoms with E-state index in [1.54, 1.807) is 158 Å². The van der Waals surface area contributed by atoms with E-state index in [0.717, 1.165) is 94.2 Å². The van der Waals surface area contributed by atoms with Gasteiger partial charge in [0.05, 0.1) is 0 Å². The Bertz CT molecular complexity index is 6350. The summed E-state index contributed by atoms with van der Waals surface area (Å²) in [6.45, 7) is 0. The second-order valence-corrected chi connectivity index (χ2v) is 29.9. The van der Waals surface area contributed by atoms with Gasteiger partial charge in [-0.05, 0) is 271 Å². The van der Waals surface area contributed by atoms with E-state index in [1.807, 2.05) is 152 Å². The summed E-state index contributed by atoms with van der Waals surface area (Å²) in [5, 5.41) is 178. The van der Waals surface area contributed by atoms with E-state index < -0.39 is 0 Å². The van der Waals surface area contributed by atoms with Crippen LogP contribution >= 0.6 is 0 Å². The molecule has 17 N–H and O–H groups in total. The first-order chi connectivity index (χ1) is 57.9. The maximum Gasteiger partial charge on any atom is 0.127 e. The smallest absolute Gasteiger partial charge is 0.127 e. The number of fused-ring (bicyclic) bond motifs is 4. The summed E-state index contributed by atoms with van der Waals surface area (Å²) in [6.07, 6.45) is 4.28. The molecule has 0 atom stereocenters. The van der Waals surface area contributed by atoms with Crippen molar-refractivity contribution in [3.8, 4) is 97.7 Å². The monoisotopic (exact) mass is 1590 g/mol. The van der Waals surface area contributed by atoms with Crippen molar-refractivity contribution in [3.05, 3.63) is 410 Å². The first kappa shape index (κ1) is 81.0. The molecule has 17 aromatic carbocycles. The van der Waals surface area contributed by atoms with Crippen molar-refractivity contribution in [1.29, 1.82) is 0 Å². The molecule has 17 nitrogen and oxygen atoms in total. The largest absolute Gasteiger partial charge is 0.508 e. The van der Waals surface area contributed by atoms with E-state index >= 15 is 0 Å². The zero-order chi connectivity index (χ0) is 84.3. The molecule has 0 aliphatic carbocycles. The number of benzene rings is 17. The summed E-state index contributed by atoms with van der Waals surface area (Å²) < 4.78 is 0. The number of hydrogen-bond donors (Lipinski definition) is 17. The topological polar surface area (TPSA) is 344 Å². The third kappa shape index (κ3) is 19.5. The van der Waals surface area contributed by atoms with Crippen LogP contribution in [-0.4, -0.2) is 86.8 Å². The molecule has 120 heavy (non-hydrogen) atoms. The van der Waals surface area contributed by atoms with Crippen LogP contribution < -0.4 is 0 Å². The van der Waals surface area contributed by atoms with Crippen LogP contribution in [0.15, 0.2) is 309 Å². The van der Waals surface area contributed by atoms with Crippen molar-refractivity contribution in [1.82, 2.24) is 0 Å². The van der Waals surface area contributed by atoms with Crippen LogP contribution in [0.2, 0.25) is 0 Å². The standard InChI is InChI=1S/C38H32O6.C31H26O5.2C17H14O3/c39-31-9-1-23(2-10-31)17-27-21-29(19-25-5-13-33(41)14-6-25)38(44)36-28(18-24-3-11-32(40)12-4-24)22-30(37(43)35(27)36)20-26-7-15-34(42)16-8-26;32-25-8-1-19(2-9-25)15-22-7-14-28(35)29-23(16-20-3-10-26(33)11-4-20)18-24(31(36)30(22)29)17-21-5-12-27(34)13-6-21;18-14-5-1-11(2-6-14)9-13-4-3-12-10-15(19)7-8-16(12)17(13)20;18-13-7-4-11(5-8-13)10-12-6-9-14-15(17(12)20)2-1-3-16(14)19/h1-16,21-22,39-44H,17-20H2;1-14,18,32-36H,15-17H2;1-8,10,18-20H,9H2;1-9,18-20H,10H2. The third-order valence-corrected chi connectivity index (χ3v) is 21.3. The molecule has 17 heteroatoms. The number of hydrogen-bond acceptors (Lipinski definition) is 17. The predicted molar refractivity (Wildman–Crippen MR) is 467 cm³/mol. The average Bonchev–Trinajstić information content (AvgIpc) is 0.924. The quantitative estimate of drug-likeness (QED) is 0.0379. The minimum Gasteiger partial charge on any atom is -0.508 e. The zero-order valence-corrected chi connectivity index (χ0v) is 64.9. The molecule has 0 saturated carbocycles. The second kappa shape index (κ2) is 36.0. The van der Waals surface area contributed by atoms with Crippen molar-refractivity contribution < 1.29 is 86.8 Å². The molecule has 0 spiro atoms. The summed E-state index contributed by atoms with van der Waals surface area (Å²) in [7, 11) is 0. The third-order valence-electron chi connectivity index (χ3n) is 21.3. The number of phenolic OH excluding ortho intramolecular Hbond substituents is 17. The van der Waals surface area contributed by atoms with Crippen LogP contribution in [0, 0.1) is 0 Å². The number of phenols is 17. The van der Waals surface area contributed by atoms with Crippen LogP contribution in [0.5, 0.6) is 97.7 Å². The van der Waals surface area contributed by atoms with Gasteiger partial charge in [0.1, 0.15) is 97.7 Å². The van der Waals surface area contributed by atoms with Crippen LogP contribution in [0.3, 0.4) is 0 Å². The van der Waals surface area contributed by atoms with Gasteiger partial charge in [0, 0.05) is 69.8 Å². The van der Waals surface area contributed by atoms with Crippen molar-refractivity contribution in [2.75, 3.05) is 0 Å².